The monoisotopic (exact) mass is 246 g/mol. The van der Waals surface area contributed by atoms with Crippen LogP contribution < -0.4 is 5.73 Å². The molecule has 1 heterocycles. The molecule has 0 aliphatic heterocycles. The minimum absolute atomic E-state index is 0.411. The number of benzene rings is 1. The van der Waals surface area contributed by atoms with Crippen LogP contribution in [0, 0.1) is 6.92 Å². The zero-order valence-electron chi connectivity index (χ0n) is 9.59. The topological polar surface area (TPSA) is 56.0 Å². The van der Waals surface area contributed by atoms with E-state index >= 15 is 0 Å². The number of carbonyl (C=O) groups excluding carboxylic acids is 1. The number of nitrogens with zero attached hydrogens (tertiary/aromatic N) is 1. The molecule has 0 amide bonds. The Bertz CT molecular complexity index is 504. The molecule has 3 nitrogen and oxygen atoms in total. The van der Waals surface area contributed by atoms with Crippen LogP contribution >= 0.6 is 11.3 Å². The van der Waals surface area contributed by atoms with E-state index < -0.39 is 6.04 Å². The van der Waals surface area contributed by atoms with E-state index in [0.717, 1.165) is 23.1 Å². The first-order valence-corrected chi connectivity index (χ1v) is 6.29. The number of aryl methyl sites for hydroxylation is 1. The fourth-order valence-corrected chi connectivity index (χ4v) is 2.50. The summed E-state index contributed by atoms with van der Waals surface area (Å²) in [5, 5.41) is 0. The number of aromatic nitrogens is 1. The highest BCUT2D eigenvalue weighted by atomic mass is 32.1. The van der Waals surface area contributed by atoms with Crippen molar-refractivity contribution in [3.63, 3.8) is 0 Å². The zero-order valence-corrected chi connectivity index (χ0v) is 10.4. The molecule has 0 aliphatic rings. The maximum absolute atomic E-state index is 10.5. The Morgan fingerprint density at radius 3 is 2.65 bits per heavy atom. The predicted octanol–water partition coefficient (Wildman–Crippen LogP) is 2.19. The molecule has 0 aliphatic carbocycles. The molecular weight excluding hydrogens is 232 g/mol. The van der Waals surface area contributed by atoms with Gasteiger partial charge in [0.2, 0.25) is 0 Å². The van der Waals surface area contributed by atoms with Crippen LogP contribution in [0.2, 0.25) is 0 Å². The molecule has 1 atom stereocenters. The van der Waals surface area contributed by atoms with Crippen molar-refractivity contribution in [3.05, 3.63) is 41.0 Å². The van der Waals surface area contributed by atoms with Gasteiger partial charge in [-0.3, -0.25) is 0 Å². The predicted molar refractivity (Wildman–Crippen MR) is 70.0 cm³/mol. The summed E-state index contributed by atoms with van der Waals surface area (Å²) in [6, 6.07) is 7.71. The minimum atomic E-state index is -0.411. The number of nitrogens with two attached hydrogens (primary N) is 1. The third kappa shape index (κ3) is 2.78. The number of hydrogen-bond donors (Lipinski definition) is 1. The molecule has 0 saturated heterocycles. The molecule has 1 aromatic carbocycles. The van der Waals surface area contributed by atoms with Crippen LogP contribution in [-0.4, -0.2) is 17.3 Å². The van der Waals surface area contributed by atoms with Crippen LogP contribution in [0.15, 0.2) is 29.8 Å². The molecule has 2 rings (SSSR count). The summed E-state index contributed by atoms with van der Waals surface area (Å²) in [7, 11) is 0. The second-order valence-electron chi connectivity index (χ2n) is 3.97. The molecule has 1 aromatic heterocycles. The zero-order chi connectivity index (χ0) is 12.3. The number of hydrogen-bond acceptors (Lipinski definition) is 4. The van der Waals surface area contributed by atoms with Gasteiger partial charge in [0.15, 0.2) is 0 Å². The lowest BCUT2D eigenvalue weighted by molar-refractivity contribution is -0.108. The van der Waals surface area contributed by atoms with Crippen molar-refractivity contribution in [2.45, 2.75) is 19.4 Å². The summed E-state index contributed by atoms with van der Waals surface area (Å²) in [6.45, 7) is 2.00. The average molecular weight is 246 g/mol. The molecule has 0 radical (unpaired) electrons. The molecule has 0 unspecified atom stereocenters. The van der Waals surface area contributed by atoms with Gasteiger partial charge >= 0.3 is 0 Å². The van der Waals surface area contributed by atoms with E-state index in [1.165, 1.54) is 4.88 Å². The summed E-state index contributed by atoms with van der Waals surface area (Å²) >= 11 is 1.63. The van der Waals surface area contributed by atoms with Crippen LogP contribution in [0.25, 0.3) is 10.4 Å². The Labute approximate surface area is 104 Å². The van der Waals surface area contributed by atoms with Gasteiger partial charge in [0, 0.05) is 0 Å². The number of carbonyl (C=O) groups is 1. The fraction of sp³-hybridized carbons (Fsp3) is 0.231. The second-order valence-corrected chi connectivity index (χ2v) is 4.82. The molecule has 17 heavy (non-hydrogen) atoms. The van der Waals surface area contributed by atoms with Crippen LogP contribution in [0.5, 0.6) is 0 Å². The minimum Gasteiger partial charge on any atom is -0.321 e. The molecule has 4 heteroatoms. The summed E-state index contributed by atoms with van der Waals surface area (Å²) < 4.78 is 0. The van der Waals surface area contributed by atoms with Crippen LogP contribution in [0.3, 0.4) is 0 Å². The van der Waals surface area contributed by atoms with Gasteiger partial charge in [0.05, 0.1) is 22.1 Å². The molecule has 0 spiro atoms. The second kappa shape index (κ2) is 5.21. The highest BCUT2D eigenvalue weighted by Gasteiger charge is 2.06. The summed E-state index contributed by atoms with van der Waals surface area (Å²) in [5.74, 6) is 0. The van der Waals surface area contributed by atoms with Gasteiger partial charge in [-0.2, -0.15) is 0 Å². The SMILES string of the molecule is Cc1ncsc1-c1ccc(C[C@@H](N)C=O)cc1. The molecule has 2 aromatic rings. The van der Waals surface area contributed by atoms with Gasteiger partial charge in [0.1, 0.15) is 6.29 Å². The first-order valence-electron chi connectivity index (χ1n) is 5.41. The van der Waals surface area contributed by atoms with Crippen LogP contribution in [0.4, 0.5) is 0 Å². The Hall–Kier alpha value is -1.52. The summed E-state index contributed by atoms with van der Waals surface area (Å²) in [5.41, 5.74) is 10.7. The van der Waals surface area contributed by atoms with Crippen LogP contribution in [0.1, 0.15) is 11.3 Å². The van der Waals surface area contributed by atoms with E-state index in [9.17, 15) is 4.79 Å². The molecule has 0 saturated carbocycles. The largest absolute Gasteiger partial charge is 0.321 e. The van der Waals surface area contributed by atoms with Gasteiger partial charge in [-0.05, 0) is 24.5 Å². The van der Waals surface area contributed by atoms with E-state index in [0.29, 0.717) is 6.42 Å². The maximum Gasteiger partial charge on any atom is 0.137 e. The van der Waals surface area contributed by atoms with Crippen molar-refractivity contribution in [2.75, 3.05) is 0 Å². The average Bonchev–Trinajstić information content (AvgIpc) is 2.76. The van der Waals surface area contributed by atoms with E-state index in [1.807, 2.05) is 36.7 Å². The van der Waals surface area contributed by atoms with Crippen LogP contribution in [-0.2, 0) is 11.2 Å². The Balaban J connectivity index is 2.19. The van der Waals surface area contributed by atoms with Gasteiger partial charge in [-0.1, -0.05) is 24.3 Å². The quantitative estimate of drug-likeness (QED) is 0.841. The Morgan fingerprint density at radius 2 is 2.12 bits per heavy atom. The highest BCUT2D eigenvalue weighted by Crippen LogP contribution is 2.27. The molecule has 2 N–H and O–H groups in total. The summed E-state index contributed by atoms with van der Waals surface area (Å²) in [6.07, 6.45) is 1.37. The van der Waals surface area contributed by atoms with Crippen molar-refractivity contribution < 1.29 is 4.79 Å². The number of rotatable bonds is 4. The smallest absolute Gasteiger partial charge is 0.137 e. The van der Waals surface area contributed by atoms with Gasteiger partial charge in [-0.25, -0.2) is 4.98 Å². The lowest BCUT2D eigenvalue weighted by Gasteiger charge is -2.05. The third-order valence-corrected chi connectivity index (χ3v) is 3.59. The van der Waals surface area contributed by atoms with E-state index in [4.69, 9.17) is 5.73 Å². The highest BCUT2D eigenvalue weighted by molar-refractivity contribution is 7.13. The van der Waals surface area contributed by atoms with Gasteiger partial charge in [0.25, 0.3) is 0 Å². The summed E-state index contributed by atoms with van der Waals surface area (Å²) in [4.78, 5) is 15.9. The lowest BCUT2D eigenvalue weighted by Crippen LogP contribution is -2.23. The first-order chi connectivity index (χ1) is 8.20. The standard InChI is InChI=1S/C13H14N2OS/c1-9-13(17-8-15-9)11-4-2-10(3-5-11)6-12(14)7-16/h2-5,7-8,12H,6,14H2,1H3/t12-/m1/s1. The van der Waals surface area contributed by atoms with Crippen molar-refractivity contribution in [3.8, 4) is 10.4 Å². The number of aldehydes is 1. The van der Waals surface area contributed by atoms with Crippen molar-refractivity contribution in [1.82, 2.24) is 4.98 Å². The molecule has 88 valence electrons. The van der Waals surface area contributed by atoms with Crippen molar-refractivity contribution in [2.24, 2.45) is 5.73 Å². The Morgan fingerprint density at radius 1 is 1.41 bits per heavy atom. The third-order valence-electron chi connectivity index (χ3n) is 2.61. The molecular formula is C13H14N2OS. The van der Waals surface area contributed by atoms with E-state index in [1.54, 1.807) is 11.3 Å². The molecule has 0 bridgehead atoms. The van der Waals surface area contributed by atoms with E-state index in [-0.39, 0.29) is 0 Å². The van der Waals surface area contributed by atoms with Crippen molar-refractivity contribution >= 4 is 17.6 Å². The lowest BCUT2D eigenvalue weighted by atomic mass is 10.0. The normalized spacial score (nSPS) is 12.4. The Kier molecular flexibility index (Phi) is 3.66. The molecule has 0 fully saturated rings. The number of thiazole rings is 1. The van der Waals surface area contributed by atoms with Crippen molar-refractivity contribution in [1.29, 1.82) is 0 Å². The fourth-order valence-electron chi connectivity index (χ4n) is 1.69. The first kappa shape index (κ1) is 12.0. The van der Waals surface area contributed by atoms with Gasteiger partial charge < -0.3 is 10.5 Å². The van der Waals surface area contributed by atoms with E-state index in [2.05, 4.69) is 4.98 Å². The maximum atomic E-state index is 10.5. The van der Waals surface area contributed by atoms with Gasteiger partial charge in [-0.15, -0.1) is 11.3 Å².